The van der Waals surface area contributed by atoms with Gasteiger partial charge in [-0.25, -0.2) is 0 Å². The number of hydrogen-bond acceptors (Lipinski definition) is 2. The van der Waals surface area contributed by atoms with E-state index in [0.717, 1.165) is 15.8 Å². The molecule has 1 aliphatic heterocycles. The second-order valence-electron chi connectivity index (χ2n) is 4.02. The molecule has 0 fully saturated rings. The van der Waals surface area contributed by atoms with Crippen molar-refractivity contribution in [2.45, 2.75) is 19.6 Å². The maximum absolute atomic E-state index is 12.0. The zero-order valence-corrected chi connectivity index (χ0v) is 11.2. The van der Waals surface area contributed by atoms with E-state index in [4.69, 9.17) is 4.74 Å². The van der Waals surface area contributed by atoms with Gasteiger partial charge in [0.15, 0.2) is 6.10 Å². The summed E-state index contributed by atoms with van der Waals surface area (Å²) in [6.07, 6.45) is 1.28. The van der Waals surface area contributed by atoms with Crippen LogP contribution < -0.4 is 4.74 Å². The molecule has 0 N–H and O–H groups in total. The lowest BCUT2D eigenvalue weighted by atomic mass is 10.2. The number of benzene rings is 1. The summed E-state index contributed by atoms with van der Waals surface area (Å²) in [6, 6.07) is 5.79. The molecule has 0 spiro atoms. The molecule has 0 radical (unpaired) electrons. The molecule has 1 aromatic carbocycles. The second kappa shape index (κ2) is 4.92. The van der Waals surface area contributed by atoms with Crippen LogP contribution in [0, 0.1) is 0 Å². The minimum atomic E-state index is -0.447. The fourth-order valence-electron chi connectivity index (χ4n) is 1.88. The van der Waals surface area contributed by atoms with Crippen LogP contribution >= 0.6 is 15.9 Å². The standard InChI is InChI=1S/C13H14BrNO2/c1-3-6-15-8-10-7-11(14)4-5-12(10)17-9(2)13(15)16/h3-5,7,9H,1,6,8H2,2H3/t9-/m0/s1. The van der Waals surface area contributed by atoms with Gasteiger partial charge in [-0.1, -0.05) is 22.0 Å². The highest BCUT2D eigenvalue weighted by atomic mass is 79.9. The van der Waals surface area contributed by atoms with E-state index in [1.807, 2.05) is 18.2 Å². The quantitative estimate of drug-likeness (QED) is 0.785. The summed E-state index contributed by atoms with van der Waals surface area (Å²) >= 11 is 3.43. The summed E-state index contributed by atoms with van der Waals surface area (Å²) in [5.74, 6) is 0.776. The van der Waals surface area contributed by atoms with Crippen molar-refractivity contribution in [3.8, 4) is 5.75 Å². The van der Waals surface area contributed by atoms with Crippen LogP contribution in [-0.4, -0.2) is 23.5 Å². The van der Waals surface area contributed by atoms with E-state index in [9.17, 15) is 4.79 Å². The van der Waals surface area contributed by atoms with E-state index in [1.54, 1.807) is 17.9 Å². The fraction of sp³-hybridized carbons (Fsp3) is 0.308. The smallest absolute Gasteiger partial charge is 0.263 e. The summed E-state index contributed by atoms with van der Waals surface area (Å²) in [4.78, 5) is 13.8. The van der Waals surface area contributed by atoms with Crippen molar-refractivity contribution in [1.82, 2.24) is 4.90 Å². The van der Waals surface area contributed by atoms with Gasteiger partial charge in [0.2, 0.25) is 0 Å². The first-order valence-corrected chi connectivity index (χ1v) is 6.26. The fourth-order valence-corrected chi connectivity index (χ4v) is 2.29. The predicted octanol–water partition coefficient (Wildman–Crippen LogP) is 2.74. The molecule has 0 unspecified atom stereocenters. The number of rotatable bonds is 2. The van der Waals surface area contributed by atoms with Gasteiger partial charge in [-0.05, 0) is 25.1 Å². The summed E-state index contributed by atoms with van der Waals surface area (Å²) in [5.41, 5.74) is 1.01. The number of nitrogens with zero attached hydrogens (tertiary/aromatic N) is 1. The molecule has 4 heteroatoms. The first-order chi connectivity index (χ1) is 8.11. The minimum Gasteiger partial charge on any atom is -0.481 e. The van der Waals surface area contributed by atoms with Gasteiger partial charge in [-0.15, -0.1) is 6.58 Å². The molecule has 0 saturated heterocycles. The van der Waals surface area contributed by atoms with Crippen LogP contribution in [0.25, 0.3) is 0 Å². The molecule has 2 rings (SSSR count). The maximum atomic E-state index is 12.0. The van der Waals surface area contributed by atoms with Crippen LogP contribution in [0.2, 0.25) is 0 Å². The Bertz CT molecular complexity index is 459. The average molecular weight is 296 g/mol. The number of halogens is 1. The SMILES string of the molecule is C=CCN1Cc2cc(Br)ccc2O[C@@H](C)C1=O. The van der Waals surface area contributed by atoms with E-state index in [1.165, 1.54) is 0 Å². The molecule has 17 heavy (non-hydrogen) atoms. The Kier molecular flexibility index (Phi) is 3.52. The first-order valence-electron chi connectivity index (χ1n) is 5.46. The van der Waals surface area contributed by atoms with Crippen molar-refractivity contribution < 1.29 is 9.53 Å². The molecule has 0 aromatic heterocycles. The topological polar surface area (TPSA) is 29.5 Å². The molecule has 1 aliphatic rings. The van der Waals surface area contributed by atoms with Crippen LogP contribution in [0.3, 0.4) is 0 Å². The van der Waals surface area contributed by atoms with Crippen LogP contribution in [0.4, 0.5) is 0 Å². The second-order valence-corrected chi connectivity index (χ2v) is 4.94. The summed E-state index contributed by atoms with van der Waals surface area (Å²) in [5, 5.41) is 0. The van der Waals surface area contributed by atoms with E-state index in [-0.39, 0.29) is 5.91 Å². The normalized spacial score (nSPS) is 19.3. The predicted molar refractivity (Wildman–Crippen MR) is 69.8 cm³/mol. The van der Waals surface area contributed by atoms with Crippen molar-refractivity contribution in [3.05, 3.63) is 40.9 Å². The molecule has 1 atom stereocenters. The lowest BCUT2D eigenvalue weighted by Gasteiger charge is -2.20. The molecular weight excluding hydrogens is 282 g/mol. The van der Waals surface area contributed by atoms with E-state index >= 15 is 0 Å². The molecule has 1 aromatic rings. The van der Waals surface area contributed by atoms with E-state index in [2.05, 4.69) is 22.5 Å². The Morgan fingerprint density at radius 2 is 2.41 bits per heavy atom. The number of hydrogen-bond donors (Lipinski definition) is 0. The van der Waals surface area contributed by atoms with Crippen LogP contribution in [-0.2, 0) is 11.3 Å². The molecule has 90 valence electrons. The van der Waals surface area contributed by atoms with Gasteiger partial charge in [0.1, 0.15) is 5.75 Å². The highest BCUT2D eigenvalue weighted by Crippen LogP contribution is 2.28. The monoisotopic (exact) mass is 295 g/mol. The van der Waals surface area contributed by atoms with Crippen LogP contribution in [0.1, 0.15) is 12.5 Å². The molecule has 0 bridgehead atoms. The largest absolute Gasteiger partial charge is 0.481 e. The van der Waals surface area contributed by atoms with E-state index < -0.39 is 6.10 Å². The average Bonchev–Trinajstić information content (AvgIpc) is 2.40. The Morgan fingerprint density at radius 1 is 1.65 bits per heavy atom. The number of carbonyl (C=O) groups is 1. The maximum Gasteiger partial charge on any atom is 0.263 e. The highest BCUT2D eigenvalue weighted by molar-refractivity contribution is 9.10. The third-order valence-corrected chi connectivity index (χ3v) is 3.19. The van der Waals surface area contributed by atoms with Gasteiger partial charge < -0.3 is 9.64 Å². The lowest BCUT2D eigenvalue weighted by Crippen LogP contribution is -2.37. The van der Waals surface area contributed by atoms with Crippen molar-refractivity contribution in [3.63, 3.8) is 0 Å². The lowest BCUT2D eigenvalue weighted by molar-refractivity contribution is -0.137. The summed E-state index contributed by atoms with van der Waals surface area (Å²) in [6.45, 7) is 6.55. The highest BCUT2D eigenvalue weighted by Gasteiger charge is 2.26. The minimum absolute atomic E-state index is 0.00257. The zero-order chi connectivity index (χ0) is 12.4. The van der Waals surface area contributed by atoms with Crippen molar-refractivity contribution in [1.29, 1.82) is 0 Å². The molecular formula is C13H14BrNO2. The van der Waals surface area contributed by atoms with Crippen LogP contribution in [0.5, 0.6) is 5.75 Å². The van der Waals surface area contributed by atoms with Crippen molar-refractivity contribution in [2.75, 3.05) is 6.54 Å². The Labute approximate surface area is 109 Å². The molecule has 3 nitrogen and oxygen atoms in total. The summed E-state index contributed by atoms with van der Waals surface area (Å²) < 4.78 is 6.64. The van der Waals surface area contributed by atoms with Crippen molar-refractivity contribution in [2.24, 2.45) is 0 Å². The molecule has 0 saturated carbocycles. The van der Waals surface area contributed by atoms with Crippen molar-refractivity contribution >= 4 is 21.8 Å². The van der Waals surface area contributed by atoms with Gasteiger partial charge in [-0.3, -0.25) is 4.79 Å². The van der Waals surface area contributed by atoms with Gasteiger partial charge in [-0.2, -0.15) is 0 Å². The summed E-state index contributed by atoms with van der Waals surface area (Å²) in [7, 11) is 0. The number of ether oxygens (including phenoxy) is 1. The Morgan fingerprint density at radius 3 is 3.12 bits per heavy atom. The number of amides is 1. The van der Waals surface area contributed by atoms with Gasteiger partial charge in [0, 0.05) is 23.1 Å². The first kappa shape index (κ1) is 12.2. The third kappa shape index (κ3) is 2.52. The molecule has 1 heterocycles. The van der Waals surface area contributed by atoms with Gasteiger partial charge >= 0.3 is 0 Å². The van der Waals surface area contributed by atoms with Crippen LogP contribution in [0.15, 0.2) is 35.3 Å². The van der Waals surface area contributed by atoms with Gasteiger partial charge in [0.05, 0.1) is 0 Å². The van der Waals surface area contributed by atoms with Gasteiger partial charge in [0.25, 0.3) is 5.91 Å². The Hall–Kier alpha value is -1.29. The molecule has 0 aliphatic carbocycles. The molecule has 1 amide bonds. The number of carbonyl (C=O) groups excluding carboxylic acids is 1. The number of fused-ring (bicyclic) bond motifs is 1. The van der Waals surface area contributed by atoms with E-state index in [0.29, 0.717) is 13.1 Å². The third-order valence-electron chi connectivity index (χ3n) is 2.70. The zero-order valence-electron chi connectivity index (χ0n) is 9.65. The Balaban J connectivity index is 2.37.